The Bertz CT molecular complexity index is 1420. The van der Waals surface area contributed by atoms with E-state index in [4.69, 9.17) is 9.47 Å². The molecule has 1 amide bonds. The van der Waals surface area contributed by atoms with Gasteiger partial charge in [0.25, 0.3) is 0 Å². The van der Waals surface area contributed by atoms with Crippen molar-refractivity contribution in [2.24, 2.45) is 5.92 Å². The van der Waals surface area contributed by atoms with E-state index in [1.54, 1.807) is 12.3 Å². The maximum absolute atomic E-state index is 13.6. The van der Waals surface area contributed by atoms with Crippen LogP contribution >= 0.6 is 0 Å². The number of amides is 1. The monoisotopic (exact) mass is 511 g/mol. The number of piperidine rings is 1. The first kappa shape index (κ1) is 23.3. The molecule has 3 aliphatic heterocycles. The fourth-order valence-corrected chi connectivity index (χ4v) is 7.01. The van der Waals surface area contributed by atoms with Crippen molar-refractivity contribution in [3.63, 3.8) is 0 Å². The SMILES string of the molecule is Cc1cc(S(=O)(=O)N2CCCC(C(=O)Nc3ccc4c(c3)OCCN4C3COC3)C2)c2[nH]ncc2c1. The summed E-state index contributed by atoms with van der Waals surface area (Å²) in [6, 6.07) is 9.60. The third-order valence-corrected chi connectivity index (χ3v) is 9.11. The number of H-pyrrole nitrogens is 1. The summed E-state index contributed by atoms with van der Waals surface area (Å²) >= 11 is 0. The predicted molar refractivity (Wildman–Crippen MR) is 135 cm³/mol. The van der Waals surface area contributed by atoms with E-state index < -0.39 is 15.9 Å². The van der Waals surface area contributed by atoms with E-state index in [9.17, 15) is 13.2 Å². The molecule has 2 fully saturated rings. The molecule has 0 saturated carbocycles. The van der Waals surface area contributed by atoms with Gasteiger partial charge in [0, 0.05) is 30.2 Å². The third-order valence-electron chi connectivity index (χ3n) is 7.22. The highest BCUT2D eigenvalue weighted by molar-refractivity contribution is 7.89. The number of benzene rings is 2. The summed E-state index contributed by atoms with van der Waals surface area (Å²) in [5.74, 6) is 0.101. The number of carbonyl (C=O) groups is 1. The molecule has 0 aliphatic carbocycles. The van der Waals surface area contributed by atoms with Crippen molar-refractivity contribution in [1.82, 2.24) is 14.5 Å². The number of ether oxygens (including phenoxy) is 2. The molecule has 10 nitrogen and oxygen atoms in total. The van der Waals surface area contributed by atoms with Gasteiger partial charge in [-0.2, -0.15) is 9.40 Å². The second kappa shape index (κ2) is 9.06. The molecule has 36 heavy (non-hydrogen) atoms. The van der Waals surface area contributed by atoms with Crippen LogP contribution in [-0.2, 0) is 19.6 Å². The van der Waals surface area contributed by atoms with E-state index in [0.29, 0.717) is 56.5 Å². The third kappa shape index (κ3) is 4.10. The number of hydrogen-bond acceptors (Lipinski definition) is 7. The second-order valence-electron chi connectivity index (χ2n) is 9.70. The van der Waals surface area contributed by atoms with Crippen LogP contribution in [0.1, 0.15) is 18.4 Å². The zero-order valence-electron chi connectivity index (χ0n) is 20.1. The number of anilines is 2. The van der Waals surface area contributed by atoms with Crippen molar-refractivity contribution >= 4 is 38.2 Å². The molecule has 3 aromatic rings. The number of carbonyl (C=O) groups excluding carboxylic acids is 1. The standard InChI is InChI=1S/C25H29N5O5S/c1-16-9-18-12-26-28-24(18)23(10-16)36(32,33)29-6-2-3-17(13-29)25(31)27-19-4-5-21-22(11-19)35-8-7-30(21)20-14-34-15-20/h4-5,9-12,17,20H,2-3,6-8,13-15H2,1H3,(H,26,28)(H,27,31). The fourth-order valence-electron chi connectivity index (χ4n) is 5.23. The molecular formula is C25H29N5O5S. The molecule has 1 unspecified atom stereocenters. The van der Waals surface area contributed by atoms with Gasteiger partial charge in [-0.1, -0.05) is 0 Å². The van der Waals surface area contributed by atoms with Crippen LogP contribution in [0, 0.1) is 12.8 Å². The van der Waals surface area contributed by atoms with Gasteiger partial charge >= 0.3 is 0 Å². The highest BCUT2D eigenvalue weighted by Crippen LogP contribution is 2.37. The molecule has 4 heterocycles. The number of rotatable bonds is 5. The molecule has 1 aromatic heterocycles. The molecular weight excluding hydrogens is 482 g/mol. The minimum Gasteiger partial charge on any atom is -0.489 e. The van der Waals surface area contributed by atoms with Crippen LogP contribution in [0.2, 0.25) is 0 Å². The Labute approximate surface area is 209 Å². The van der Waals surface area contributed by atoms with Crippen molar-refractivity contribution in [3.05, 3.63) is 42.1 Å². The molecule has 1 atom stereocenters. The number of nitrogens with one attached hydrogen (secondary N) is 2. The fraction of sp³-hybridized carbons (Fsp3) is 0.440. The van der Waals surface area contributed by atoms with Crippen LogP contribution in [0.25, 0.3) is 10.9 Å². The largest absolute Gasteiger partial charge is 0.489 e. The lowest BCUT2D eigenvalue weighted by Gasteiger charge is -2.41. The van der Waals surface area contributed by atoms with Crippen LogP contribution in [0.3, 0.4) is 0 Å². The maximum Gasteiger partial charge on any atom is 0.245 e. The molecule has 11 heteroatoms. The molecule has 0 spiro atoms. The predicted octanol–water partition coefficient (Wildman–Crippen LogP) is 2.51. The average molecular weight is 512 g/mol. The molecule has 3 aliphatic rings. The van der Waals surface area contributed by atoms with Gasteiger partial charge in [-0.15, -0.1) is 0 Å². The zero-order valence-corrected chi connectivity index (χ0v) is 20.9. The number of fused-ring (bicyclic) bond motifs is 2. The van der Waals surface area contributed by atoms with Crippen LogP contribution in [0.5, 0.6) is 5.75 Å². The van der Waals surface area contributed by atoms with Crippen LogP contribution in [-0.4, -0.2) is 74.3 Å². The van der Waals surface area contributed by atoms with Crippen LogP contribution < -0.4 is 15.0 Å². The summed E-state index contributed by atoms with van der Waals surface area (Å²) in [5, 5.41) is 10.6. The first-order valence-electron chi connectivity index (χ1n) is 12.3. The molecule has 2 saturated heterocycles. The quantitative estimate of drug-likeness (QED) is 0.541. The molecule has 0 radical (unpaired) electrons. The first-order valence-corrected chi connectivity index (χ1v) is 13.7. The van der Waals surface area contributed by atoms with Crippen molar-refractivity contribution in [3.8, 4) is 5.75 Å². The summed E-state index contributed by atoms with van der Waals surface area (Å²) in [7, 11) is -3.80. The van der Waals surface area contributed by atoms with Gasteiger partial charge in [0.1, 0.15) is 17.3 Å². The number of sulfonamides is 1. The molecule has 6 rings (SSSR count). The maximum atomic E-state index is 13.6. The first-order chi connectivity index (χ1) is 17.4. The van der Waals surface area contributed by atoms with Gasteiger partial charge in [0.05, 0.1) is 49.1 Å². The summed E-state index contributed by atoms with van der Waals surface area (Å²) in [5.41, 5.74) is 2.98. The van der Waals surface area contributed by atoms with Gasteiger partial charge in [-0.25, -0.2) is 8.42 Å². The summed E-state index contributed by atoms with van der Waals surface area (Å²) in [6.45, 7) is 5.20. The van der Waals surface area contributed by atoms with E-state index in [1.165, 1.54) is 4.31 Å². The Morgan fingerprint density at radius 3 is 2.86 bits per heavy atom. The van der Waals surface area contributed by atoms with Gasteiger partial charge in [0.15, 0.2) is 0 Å². The van der Waals surface area contributed by atoms with E-state index in [-0.39, 0.29) is 17.3 Å². The number of aryl methyl sites for hydroxylation is 1. The second-order valence-corrected chi connectivity index (χ2v) is 11.6. The van der Waals surface area contributed by atoms with Crippen molar-refractivity contribution in [1.29, 1.82) is 0 Å². The van der Waals surface area contributed by atoms with Crippen molar-refractivity contribution in [2.75, 3.05) is 49.7 Å². The number of aromatic nitrogens is 2. The van der Waals surface area contributed by atoms with E-state index in [2.05, 4.69) is 20.4 Å². The minimum absolute atomic E-state index is 0.134. The zero-order chi connectivity index (χ0) is 24.9. The molecule has 0 bridgehead atoms. The Morgan fingerprint density at radius 1 is 1.19 bits per heavy atom. The minimum atomic E-state index is -3.80. The van der Waals surface area contributed by atoms with Crippen molar-refractivity contribution < 1.29 is 22.7 Å². The number of hydrogen-bond donors (Lipinski definition) is 2. The van der Waals surface area contributed by atoms with E-state index in [0.717, 1.165) is 28.9 Å². The topological polar surface area (TPSA) is 117 Å². The summed E-state index contributed by atoms with van der Waals surface area (Å²) in [4.78, 5) is 15.7. The summed E-state index contributed by atoms with van der Waals surface area (Å²) < 4.78 is 39.8. The Morgan fingerprint density at radius 2 is 2.06 bits per heavy atom. The Balaban J connectivity index is 1.18. The van der Waals surface area contributed by atoms with Crippen LogP contribution in [0.15, 0.2) is 41.4 Å². The van der Waals surface area contributed by atoms with Gasteiger partial charge in [-0.05, 0) is 49.6 Å². The summed E-state index contributed by atoms with van der Waals surface area (Å²) in [6.07, 6.45) is 2.86. The number of aromatic amines is 1. The highest BCUT2D eigenvalue weighted by atomic mass is 32.2. The lowest BCUT2D eigenvalue weighted by atomic mass is 9.98. The smallest absolute Gasteiger partial charge is 0.245 e. The van der Waals surface area contributed by atoms with E-state index >= 15 is 0 Å². The molecule has 2 N–H and O–H groups in total. The highest BCUT2D eigenvalue weighted by Gasteiger charge is 2.35. The molecule has 2 aromatic carbocycles. The van der Waals surface area contributed by atoms with Crippen LogP contribution in [0.4, 0.5) is 11.4 Å². The lowest BCUT2D eigenvalue weighted by Crippen LogP contribution is -2.52. The average Bonchev–Trinajstić information content (AvgIpc) is 3.31. The Hall–Kier alpha value is -3.15. The van der Waals surface area contributed by atoms with E-state index in [1.807, 2.05) is 31.2 Å². The van der Waals surface area contributed by atoms with Gasteiger partial charge in [0.2, 0.25) is 15.9 Å². The number of nitrogens with zero attached hydrogens (tertiary/aromatic N) is 3. The normalized spacial score (nSPS) is 21.0. The lowest BCUT2D eigenvalue weighted by molar-refractivity contribution is -0.120. The molecule has 190 valence electrons. The van der Waals surface area contributed by atoms with Gasteiger partial charge < -0.3 is 19.7 Å². The van der Waals surface area contributed by atoms with Gasteiger partial charge in [-0.3, -0.25) is 9.89 Å². The Kier molecular flexibility index (Phi) is 5.85. The van der Waals surface area contributed by atoms with Crippen molar-refractivity contribution in [2.45, 2.75) is 30.7 Å².